The lowest BCUT2D eigenvalue weighted by Gasteiger charge is -2.32. The van der Waals surface area contributed by atoms with Crippen molar-refractivity contribution in [2.45, 2.75) is 32.4 Å². The van der Waals surface area contributed by atoms with Crippen molar-refractivity contribution in [2.24, 2.45) is 5.92 Å². The molecule has 2 aromatic carbocycles. The molecule has 0 unspecified atom stereocenters. The maximum absolute atomic E-state index is 13.0. The van der Waals surface area contributed by atoms with Crippen LogP contribution in [0, 0.1) is 11.7 Å². The number of benzene rings is 2. The van der Waals surface area contributed by atoms with Crippen LogP contribution in [-0.2, 0) is 11.3 Å². The van der Waals surface area contributed by atoms with E-state index < -0.39 is 0 Å². The first-order chi connectivity index (χ1) is 12.5. The van der Waals surface area contributed by atoms with Crippen LogP contribution < -0.4 is 5.32 Å². The fourth-order valence-corrected chi connectivity index (χ4v) is 3.55. The minimum Gasteiger partial charge on any atom is -0.349 e. The van der Waals surface area contributed by atoms with E-state index in [4.69, 9.17) is 11.6 Å². The summed E-state index contributed by atoms with van der Waals surface area (Å²) in [6.07, 6.45) is 1.91. The van der Waals surface area contributed by atoms with Gasteiger partial charge >= 0.3 is 0 Å². The summed E-state index contributed by atoms with van der Waals surface area (Å²) < 4.78 is 13.0. The van der Waals surface area contributed by atoms with E-state index in [0.717, 1.165) is 43.1 Å². The van der Waals surface area contributed by atoms with Crippen LogP contribution >= 0.6 is 11.6 Å². The van der Waals surface area contributed by atoms with Crippen LogP contribution in [0.1, 0.15) is 36.9 Å². The molecule has 0 aliphatic carbocycles. The number of amides is 1. The van der Waals surface area contributed by atoms with Gasteiger partial charge in [-0.25, -0.2) is 4.39 Å². The highest BCUT2D eigenvalue weighted by Gasteiger charge is 2.26. The largest absolute Gasteiger partial charge is 0.349 e. The molecule has 1 aliphatic heterocycles. The summed E-state index contributed by atoms with van der Waals surface area (Å²) in [4.78, 5) is 15.0. The van der Waals surface area contributed by atoms with Crippen molar-refractivity contribution in [2.75, 3.05) is 13.1 Å². The SMILES string of the molecule is C[C@@H](NC(=O)[C@@H]1CCCN(Cc2ccc(Cl)cc2)C1)c1ccc(F)cc1. The minimum atomic E-state index is -0.266. The molecule has 3 rings (SSSR count). The third-order valence-electron chi connectivity index (χ3n) is 4.92. The Bertz CT molecular complexity index is 733. The van der Waals surface area contributed by atoms with Crippen molar-refractivity contribution in [1.29, 1.82) is 0 Å². The Labute approximate surface area is 159 Å². The van der Waals surface area contributed by atoms with Crippen molar-refractivity contribution >= 4 is 17.5 Å². The third-order valence-corrected chi connectivity index (χ3v) is 5.18. The van der Waals surface area contributed by atoms with Crippen LogP contribution in [0.2, 0.25) is 5.02 Å². The van der Waals surface area contributed by atoms with Gasteiger partial charge in [-0.15, -0.1) is 0 Å². The summed E-state index contributed by atoms with van der Waals surface area (Å²) >= 11 is 5.94. The summed E-state index contributed by atoms with van der Waals surface area (Å²) in [5.41, 5.74) is 2.11. The van der Waals surface area contributed by atoms with E-state index in [9.17, 15) is 9.18 Å². The van der Waals surface area contributed by atoms with Gasteiger partial charge in [0.05, 0.1) is 12.0 Å². The van der Waals surface area contributed by atoms with Crippen molar-refractivity contribution < 1.29 is 9.18 Å². The van der Waals surface area contributed by atoms with Crippen LogP contribution in [0.25, 0.3) is 0 Å². The first kappa shape index (κ1) is 18.9. The molecule has 138 valence electrons. The predicted octanol–water partition coefficient (Wildman–Crippen LogP) is 4.57. The normalized spacial score (nSPS) is 19.1. The molecule has 1 amide bonds. The summed E-state index contributed by atoms with van der Waals surface area (Å²) in [6.45, 7) is 4.51. The number of rotatable bonds is 5. The Morgan fingerprint density at radius 3 is 2.62 bits per heavy atom. The van der Waals surface area contributed by atoms with Crippen LogP contribution in [-0.4, -0.2) is 23.9 Å². The lowest BCUT2D eigenvalue weighted by Crippen LogP contribution is -2.43. The van der Waals surface area contributed by atoms with Gasteiger partial charge in [0.25, 0.3) is 0 Å². The highest BCUT2D eigenvalue weighted by Crippen LogP contribution is 2.21. The van der Waals surface area contributed by atoms with E-state index >= 15 is 0 Å². The molecule has 1 fully saturated rings. The standard InChI is InChI=1S/C21H24ClFN2O/c1-15(17-6-10-20(23)11-7-17)24-21(26)18-3-2-12-25(14-18)13-16-4-8-19(22)9-5-16/h4-11,15,18H,2-3,12-14H2,1H3,(H,24,26)/t15-,18-/m1/s1. The Kier molecular flexibility index (Phi) is 6.28. The maximum atomic E-state index is 13.0. The quantitative estimate of drug-likeness (QED) is 0.831. The molecule has 2 aromatic rings. The fraction of sp³-hybridized carbons (Fsp3) is 0.381. The van der Waals surface area contributed by atoms with E-state index in [0.29, 0.717) is 0 Å². The number of likely N-dealkylation sites (tertiary alicyclic amines) is 1. The van der Waals surface area contributed by atoms with Crippen LogP contribution in [0.3, 0.4) is 0 Å². The van der Waals surface area contributed by atoms with Crippen LogP contribution in [0.4, 0.5) is 4.39 Å². The van der Waals surface area contributed by atoms with Crippen molar-refractivity contribution in [1.82, 2.24) is 10.2 Å². The molecular weight excluding hydrogens is 351 g/mol. The van der Waals surface area contributed by atoms with Gasteiger partial charge in [0.15, 0.2) is 0 Å². The topological polar surface area (TPSA) is 32.3 Å². The molecule has 1 N–H and O–H groups in total. The third kappa shape index (κ3) is 5.05. The van der Waals surface area contributed by atoms with Gasteiger partial charge in [-0.3, -0.25) is 9.69 Å². The van der Waals surface area contributed by atoms with Gasteiger partial charge in [-0.05, 0) is 61.7 Å². The Morgan fingerprint density at radius 2 is 1.92 bits per heavy atom. The molecule has 1 heterocycles. The zero-order valence-corrected chi connectivity index (χ0v) is 15.7. The number of halogens is 2. The molecule has 5 heteroatoms. The number of carbonyl (C=O) groups is 1. The molecule has 2 atom stereocenters. The van der Waals surface area contributed by atoms with E-state index in [-0.39, 0.29) is 23.7 Å². The maximum Gasteiger partial charge on any atom is 0.224 e. The molecule has 0 bridgehead atoms. The second-order valence-corrected chi connectivity index (χ2v) is 7.42. The molecule has 0 aromatic heterocycles. The average molecular weight is 375 g/mol. The lowest BCUT2D eigenvalue weighted by molar-refractivity contribution is -0.127. The number of hydrogen-bond acceptors (Lipinski definition) is 2. The molecule has 3 nitrogen and oxygen atoms in total. The number of piperidine rings is 1. The van der Waals surface area contributed by atoms with E-state index in [2.05, 4.69) is 10.2 Å². The monoisotopic (exact) mass is 374 g/mol. The minimum absolute atomic E-state index is 0.0149. The summed E-state index contributed by atoms with van der Waals surface area (Å²) in [7, 11) is 0. The summed E-state index contributed by atoms with van der Waals surface area (Å²) in [5, 5.41) is 3.81. The van der Waals surface area contributed by atoms with Crippen molar-refractivity contribution in [3.05, 3.63) is 70.5 Å². The Balaban J connectivity index is 1.55. The summed E-state index contributed by atoms with van der Waals surface area (Å²) in [5.74, 6) is -0.209. The molecular formula is C21H24ClFN2O. The van der Waals surface area contributed by atoms with Gasteiger partial charge in [0.2, 0.25) is 5.91 Å². The number of hydrogen-bond donors (Lipinski definition) is 1. The smallest absolute Gasteiger partial charge is 0.224 e. The second kappa shape index (κ2) is 8.65. The van der Waals surface area contributed by atoms with Gasteiger partial charge in [0.1, 0.15) is 5.82 Å². The predicted molar refractivity (Wildman–Crippen MR) is 102 cm³/mol. The summed E-state index contributed by atoms with van der Waals surface area (Å²) in [6, 6.07) is 14.0. The average Bonchev–Trinajstić information content (AvgIpc) is 2.64. The van der Waals surface area contributed by atoms with Crippen LogP contribution in [0.5, 0.6) is 0 Å². The molecule has 0 spiro atoms. The first-order valence-corrected chi connectivity index (χ1v) is 9.41. The molecule has 0 saturated carbocycles. The molecule has 1 aliphatic rings. The van der Waals surface area contributed by atoms with E-state index in [1.807, 2.05) is 31.2 Å². The van der Waals surface area contributed by atoms with Gasteiger partial charge < -0.3 is 5.32 Å². The highest BCUT2D eigenvalue weighted by molar-refractivity contribution is 6.30. The molecule has 1 saturated heterocycles. The molecule has 0 radical (unpaired) electrons. The number of nitrogens with zero attached hydrogens (tertiary/aromatic N) is 1. The van der Waals surface area contributed by atoms with Gasteiger partial charge in [-0.2, -0.15) is 0 Å². The highest BCUT2D eigenvalue weighted by atomic mass is 35.5. The zero-order chi connectivity index (χ0) is 18.5. The second-order valence-electron chi connectivity index (χ2n) is 6.98. The number of carbonyl (C=O) groups excluding carboxylic acids is 1. The first-order valence-electron chi connectivity index (χ1n) is 9.04. The fourth-order valence-electron chi connectivity index (χ4n) is 3.43. The Morgan fingerprint density at radius 1 is 1.23 bits per heavy atom. The van der Waals surface area contributed by atoms with Crippen molar-refractivity contribution in [3.63, 3.8) is 0 Å². The zero-order valence-electron chi connectivity index (χ0n) is 14.9. The Hall–Kier alpha value is -1.91. The number of nitrogens with one attached hydrogen (secondary N) is 1. The van der Waals surface area contributed by atoms with E-state index in [1.54, 1.807) is 12.1 Å². The van der Waals surface area contributed by atoms with Crippen LogP contribution in [0.15, 0.2) is 48.5 Å². The van der Waals surface area contributed by atoms with E-state index in [1.165, 1.54) is 17.7 Å². The van der Waals surface area contributed by atoms with Gasteiger partial charge in [-0.1, -0.05) is 35.9 Å². The van der Waals surface area contributed by atoms with Crippen molar-refractivity contribution in [3.8, 4) is 0 Å². The lowest BCUT2D eigenvalue weighted by atomic mass is 9.96. The van der Waals surface area contributed by atoms with Gasteiger partial charge in [0, 0.05) is 18.1 Å². The molecule has 26 heavy (non-hydrogen) atoms.